The van der Waals surface area contributed by atoms with Crippen LogP contribution in [0.2, 0.25) is 5.02 Å². The van der Waals surface area contributed by atoms with Crippen LogP contribution in [0.15, 0.2) is 42.5 Å². The number of nitrogens with one attached hydrogen (secondary N) is 1. The first-order chi connectivity index (χ1) is 12.1. The van der Waals surface area contributed by atoms with Gasteiger partial charge in [-0.25, -0.2) is 4.39 Å². The zero-order chi connectivity index (χ0) is 17.4. The standard InChI is InChI=1S/C19H16ClFN2O2/c20-15-9-12(21)5-6-18(15)25-11-19(24)23-8-7-17-14(10-23)13-3-1-2-4-16(13)22-17/h1-6,9,22H,7-8,10-11H2. The van der Waals surface area contributed by atoms with Crippen LogP contribution in [0.3, 0.4) is 0 Å². The van der Waals surface area contributed by atoms with Gasteiger partial charge in [0.2, 0.25) is 0 Å². The first kappa shape index (κ1) is 16.0. The zero-order valence-corrected chi connectivity index (χ0v) is 14.1. The predicted octanol–water partition coefficient (Wildman–Crippen LogP) is 3.92. The minimum Gasteiger partial charge on any atom is -0.482 e. The second-order valence-corrected chi connectivity index (χ2v) is 6.46. The van der Waals surface area contributed by atoms with Gasteiger partial charge >= 0.3 is 0 Å². The number of aromatic amines is 1. The van der Waals surface area contributed by atoms with Crippen molar-refractivity contribution in [3.05, 3.63) is 64.6 Å². The van der Waals surface area contributed by atoms with E-state index >= 15 is 0 Å². The van der Waals surface area contributed by atoms with Crippen LogP contribution >= 0.6 is 11.6 Å². The van der Waals surface area contributed by atoms with Crippen LogP contribution in [-0.2, 0) is 17.8 Å². The fourth-order valence-electron chi connectivity index (χ4n) is 3.20. The number of amides is 1. The highest BCUT2D eigenvalue weighted by molar-refractivity contribution is 6.32. The molecule has 0 aliphatic carbocycles. The van der Waals surface area contributed by atoms with Crippen molar-refractivity contribution >= 4 is 28.4 Å². The van der Waals surface area contributed by atoms with E-state index in [1.165, 1.54) is 23.9 Å². The number of H-pyrrole nitrogens is 1. The van der Waals surface area contributed by atoms with E-state index in [0.29, 0.717) is 18.8 Å². The summed E-state index contributed by atoms with van der Waals surface area (Å²) < 4.78 is 18.5. The van der Waals surface area contributed by atoms with Gasteiger partial charge in [-0.05, 0) is 24.3 Å². The molecule has 128 valence electrons. The number of fused-ring (bicyclic) bond motifs is 3. The van der Waals surface area contributed by atoms with Crippen LogP contribution in [0.25, 0.3) is 10.9 Å². The summed E-state index contributed by atoms with van der Waals surface area (Å²) in [5, 5.41) is 1.31. The highest BCUT2D eigenvalue weighted by Crippen LogP contribution is 2.28. The Morgan fingerprint density at radius 1 is 1.28 bits per heavy atom. The Balaban J connectivity index is 1.46. The lowest BCUT2D eigenvalue weighted by Gasteiger charge is -2.27. The molecule has 0 unspecified atom stereocenters. The third-order valence-corrected chi connectivity index (χ3v) is 4.78. The van der Waals surface area contributed by atoms with Gasteiger partial charge in [-0.1, -0.05) is 29.8 Å². The van der Waals surface area contributed by atoms with E-state index in [1.807, 2.05) is 18.2 Å². The maximum atomic E-state index is 13.1. The summed E-state index contributed by atoms with van der Waals surface area (Å²) in [7, 11) is 0. The number of hydrogen-bond acceptors (Lipinski definition) is 2. The number of aromatic nitrogens is 1. The van der Waals surface area contributed by atoms with Gasteiger partial charge in [-0.3, -0.25) is 4.79 Å². The Morgan fingerprint density at radius 2 is 2.12 bits per heavy atom. The van der Waals surface area contributed by atoms with Crippen molar-refractivity contribution in [2.24, 2.45) is 0 Å². The number of ether oxygens (including phenoxy) is 1. The normalized spacial score (nSPS) is 13.8. The molecule has 0 radical (unpaired) electrons. The Bertz CT molecular complexity index is 954. The van der Waals surface area contributed by atoms with E-state index in [0.717, 1.165) is 22.9 Å². The second-order valence-electron chi connectivity index (χ2n) is 6.06. The van der Waals surface area contributed by atoms with Gasteiger partial charge in [0.05, 0.1) is 5.02 Å². The highest BCUT2D eigenvalue weighted by atomic mass is 35.5. The fourth-order valence-corrected chi connectivity index (χ4v) is 3.42. The number of carbonyl (C=O) groups excluding carboxylic acids is 1. The van der Waals surface area contributed by atoms with Crippen molar-refractivity contribution in [3.63, 3.8) is 0 Å². The highest BCUT2D eigenvalue weighted by Gasteiger charge is 2.24. The molecule has 0 saturated carbocycles. The number of halogens is 2. The molecule has 1 aliphatic heterocycles. The van der Waals surface area contributed by atoms with Crippen LogP contribution in [0.5, 0.6) is 5.75 Å². The summed E-state index contributed by atoms with van der Waals surface area (Å²) in [5.74, 6) is -0.246. The van der Waals surface area contributed by atoms with Gasteiger partial charge in [0.15, 0.2) is 6.61 Å². The van der Waals surface area contributed by atoms with E-state index in [-0.39, 0.29) is 17.5 Å². The van der Waals surface area contributed by atoms with Gasteiger partial charge in [0, 0.05) is 41.7 Å². The van der Waals surface area contributed by atoms with Gasteiger partial charge < -0.3 is 14.6 Å². The number of rotatable bonds is 3. The van der Waals surface area contributed by atoms with Crippen molar-refractivity contribution < 1.29 is 13.9 Å². The zero-order valence-electron chi connectivity index (χ0n) is 13.4. The van der Waals surface area contributed by atoms with E-state index in [2.05, 4.69) is 11.1 Å². The number of nitrogens with zero attached hydrogens (tertiary/aromatic N) is 1. The van der Waals surface area contributed by atoms with Gasteiger partial charge in [-0.2, -0.15) is 0 Å². The minimum atomic E-state index is -0.438. The molecule has 1 amide bonds. The molecule has 25 heavy (non-hydrogen) atoms. The van der Waals surface area contributed by atoms with Crippen LogP contribution in [0, 0.1) is 5.82 Å². The van der Waals surface area contributed by atoms with E-state index in [4.69, 9.17) is 16.3 Å². The third-order valence-electron chi connectivity index (χ3n) is 4.48. The summed E-state index contributed by atoms with van der Waals surface area (Å²) in [4.78, 5) is 17.7. The molecule has 0 spiro atoms. The Labute approximate surface area is 149 Å². The molecule has 2 aromatic carbocycles. The first-order valence-corrected chi connectivity index (χ1v) is 8.43. The van der Waals surface area contributed by atoms with Crippen LogP contribution in [0.4, 0.5) is 4.39 Å². The molecule has 0 atom stereocenters. The monoisotopic (exact) mass is 358 g/mol. The lowest BCUT2D eigenvalue weighted by molar-refractivity contribution is -0.134. The topological polar surface area (TPSA) is 45.3 Å². The minimum absolute atomic E-state index is 0.115. The Morgan fingerprint density at radius 3 is 2.96 bits per heavy atom. The molecule has 6 heteroatoms. The Kier molecular flexibility index (Phi) is 4.09. The predicted molar refractivity (Wildman–Crippen MR) is 94.3 cm³/mol. The van der Waals surface area contributed by atoms with Crippen molar-refractivity contribution in [2.45, 2.75) is 13.0 Å². The average molecular weight is 359 g/mol. The van der Waals surface area contributed by atoms with E-state index in [1.54, 1.807) is 4.90 Å². The molecule has 0 bridgehead atoms. The second kappa shape index (κ2) is 6.41. The molecular formula is C19H16ClFN2O2. The molecule has 0 fully saturated rings. The smallest absolute Gasteiger partial charge is 0.260 e. The maximum absolute atomic E-state index is 13.1. The molecule has 1 N–H and O–H groups in total. The van der Waals surface area contributed by atoms with Gasteiger partial charge in [-0.15, -0.1) is 0 Å². The van der Waals surface area contributed by atoms with Crippen molar-refractivity contribution in [1.29, 1.82) is 0 Å². The van der Waals surface area contributed by atoms with Gasteiger partial charge in [0.25, 0.3) is 5.91 Å². The van der Waals surface area contributed by atoms with Crippen LogP contribution < -0.4 is 4.74 Å². The maximum Gasteiger partial charge on any atom is 0.260 e. The first-order valence-electron chi connectivity index (χ1n) is 8.06. The number of benzene rings is 2. The lowest BCUT2D eigenvalue weighted by atomic mass is 10.0. The van der Waals surface area contributed by atoms with E-state index < -0.39 is 5.82 Å². The van der Waals surface area contributed by atoms with Gasteiger partial charge in [0.1, 0.15) is 11.6 Å². The molecule has 1 aromatic heterocycles. The summed E-state index contributed by atoms with van der Waals surface area (Å²) in [5.41, 5.74) is 3.44. The quantitative estimate of drug-likeness (QED) is 0.771. The molecule has 4 rings (SSSR count). The molecule has 1 aliphatic rings. The third kappa shape index (κ3) is 3.07. The SMILES string of the molecule is O=C(COc1ccc(F)cc1Cl)N1CCc2[nH]c3ccccc3c2C1. The van der Waals surface area contributed by atoms with Crippen molar-refractivity contribution in [2.75, 3.05) is 13.2 Å². The molecule has 2 heterocycles. The number of carbonyl (C=O) groups is 1. The van der Waals surface area contributed by atoms with Crippen molar-refractivity contribution in [1.82, 2.24) is 9.88 Å². The molecule has 3 aromatic rings. The molecular weight excluding hydrogens is 343 g/mol. The molecule has 0 saturated heterocycles. The summed E-state index contributed by atoms with van der Waals surface area (Å²) in [6.07, 6.45) is 0.785. The summed E-state index contributed by atoms with van der Waals surface area (Å²) >= 11 is 5.92. The van der Waals surface area contributed by atoms with Crippen LogP contribution in [-0.4, -0.2) is 28.9 Å². The summed E-state index contributed by atoms with van der Waals surface area (Å²) in [6.45, 7) is 1.07. The number of hydrogen-bond donors (Lipinski definition) is 1. The van der Waals surface area contributed by atoms with E-state index in [9.17, 15) is 9.18 Å². The average Bonchev–Trinajstić information content (AvgIpc) is 2.98. The summed E-state index contributed by atoms with van der Waals surface area (Å²) in [6, 6.07) is 11.9. The lowest BCUT2D eigenvalue weighted by Crippen LogP contribution is -2.38. The number of para-hydroxylation sites is 1. The largest absolute Gasteiger partial charge is 0.482 e. The molecule has 4 nitrogen and oxygen atoms in total. The van der Waals surface area contributed by atoms with Crippen LogP contribution in [0.1, 0.15) is 11.3 Å². The Hall–Kier alpha value is -2.53. The van der Waals surface area contributed by atoms with Crippen molar-refractivity contribution in [3.8, 4) is 5.75 Å². The fraction of sp³-hybridized carbons (Fsp3) is 0.211.